The van der Waals surface area contributed by atoms with Crippen molar-refractivity contribution in [2.24, 2.45) is 0 Å². The highest BCUT2D eigenvalue weighted by Crippen LogP contribution is 2.41. The van der Waals surface area contributed by atoms with E-state index in [9.17, 15) is 0 Å². The smallest absolute Gasteiger partial charge is 0.160 e. The Morgan fingerprint density at radius 3 is 2.39 bits per heavy atom. The van der Waals surface area contributed by atoms with E-state index in [2.05, 4.69) is 30.4 Å². The number of thiophene rings is 1. The molecule has 2 aromatic heterocycles. The first-order valence-electron chi connectivity index (χ1n) is 11.0. The van der Waals surface area contributed by atoms with Crippen LogP contribution in [0.3, 0.4) is 0 Å². The molecular weight excluding hydrogens is 434 g/mol. The van der Waals surface area contributed by atoms with Crippen LogP contribution in [0.4, 0.5) is 5.82 Å². The maximum atomic E-state index is 5.61. The van der Waals surface area contributed by atoms with E-state index in [0.717, 1.165) is 63.2 Å². The highest BCUT2D eigenvalue weighted by molar-refractivity contribution is 7.19. The maximum absolute atomic E-state index is 5.61. The Kier molecular flexibility index (Phi) is 6.99. The molecule has 0 aliphatic heterocycles. The molecular formula is C26H29N3O3S. The summed E-state index contributed by atoms with van der Waals surface area (Å²) in [6.07, 6.45) is 0.826. The fraction of sp³-hybridized carbons (Fsp3) is 0.308. The summed E-state index contributed by atoms with van der Waals surface area (Å²) in [5.74, 6) is 3.97. The van der Waals surface area contributed by atoms with Crippen molar-refractivity contribution >= 4 is 27.4 Å². The summed E-state index contributed by atoms with van der Waals surface area (Å²) in [4.78, 5) is 11.7. The van der Waals surface area contributed by atoms with Crippen LogP contribution in [0.2, 0.25) is 0 Å². The van der Waals surface area contributed by atoms with E-state index in [1.807, 2.05) is 38.1 Å². The van der Waals surface area contributed by atoms with Crippen molar-refractivity contribution in [1.82, 2.24) is 9.97 Å². The molecule has 0 saturated carbocycles. The van der Waals surface area contributed by atoms with Crippen molar-refractivity contribution in [3.8, 4) is 28.4 Å². The number of aryl methyl sites for hydroxylation is 2. The number of rotatable bonds is 9. The van der Waals surface area contributed by atoms with E-state index in [0.29, 0.717) is 6.61 Å². The Labute approximate surface area is 198 Å². The van der Waals surface area contributed by atoms with Crippen LogP contribution in [-0.4, -0.2) is 37.3 Å². The quantitative estimate of drug-likeness (QED) is 0.326. The number of fused-ring (bicyclic) bond motifs is 1. The standard InChI is InChI=1S/C26H29N3O3S/c1-6-32-20-10-8-19(9-11-20)23-16(2)33-26-24(23)25(28-17(3)29-26)27-14-13-18-7-12-21(30-4)22(15-18)31-5/h7-12,15H,6,13-14H2,1-5H3,(H,27,28,29). The number of methoxy groups -OCH3 is 2. The van der Waals surface area contributed by atoms with Gasteiger partial charge in [-0.05, 0) is 62.6 Å². The molecule has 2 heterocycles. The van der Waals surface area contributed by atoms with Crippen LogP contribution < -0.4 is 19.5 Å². The van der Waals surface area contributed by atoms with Gasteiger partial charge < -0.3 is 19.5 Å². The van der Waals surface area contributed by atoms with E-state index in [4.69, 9.17) is 24.2 Å². The van der Waals surface area contributed by atoms with Gasteiger partial charge >= 0.3 is 0 Å². The number of ether oxygens (including phenoxy) is 3. The molecule has 1 N–H and O–H groups in total. The highest BCUT2D eigenvalue weighted by atomic mass is 32.1. The van der Waals surface area contributed by atoms with Crippen molar-refractivity contribution in [3.05, 3.63) is 58.7 Å². The van der Waals surface area contributed by atoms with Crippen LogP contribution in [0.1, 0.15) is 23.2 Å². The molecule has 0 fully saturated rings. The second-order valence-corrected chi connectivity index (χ2v) is 8.86. The first-order valence-corrected chi connectivity index (χ1v) is 11.8. The molecule has 0 atom stereocenters. The second kappa shape index (κ2) is 10.1. The minimum absolute atomic E-state index is 0.654. The normalized spacial score (nSPS) is 10.9. The predicted molar refractivity (Wildman–Crippen MR) is 135 cm³/mol. The average Bonchev–Trinajstić information content (AvgIpc) is 3.15. The largest absolute Gasteiger partial charge is 0.494 e. The van der Waals surface area contributed by atoms with Crippen LogP contribution in [0.5, 0.6) is 17.2 Å². The Hall–Kier alpha value is -3.32. The van der Waals surface area contributed by atoms with Gasteiger partial charge in [-0.3, -0.25) is 0 Å². The van der Waals surface area contributed by atoms with Crippen molar-refractivity contribution in [2.75, 3.05) is 32.7 Å². The molecule has 4 rings (SSSR count). The van der Waals surface area contributed by atoms with Crippen LogP contribution in [0.15, 0.2) is 42.5 Å². The van der Waals surface area contributed by atoms with Crippen molar-refractivity contribution < 1.29 is 14.2 Å². The number of nitrogens with zero attached hydrogens (tertiary/aromatic N) is 2. The molecule has 0 aliphatic carbocycles. The first-order chi connectivity index (χ1) is 16.0. The van der Waals surface area contributed by atoms with Gasteiger partial charge in [-0.25, -0.2) is 9.97 Å². The number of nitrogens with one attached hydrogen (secondary N) is 1. The highest BCUT2D eigenvalue weighted by Gasteiger charge is 2.18. The molecule has 0 bridgehead atoms. The third-order valence-corrected chi connectivity index (χ3v) is 6.45. The van der Waals surface area contributed by atoms with Gasteiger partial charge in [-0.1, -0.05) is 18.2 Å². The molecule has 0 unspecified atom stereocenters. The van der Waals surface area contributed by atoms with Crippen LogP contribution in [0.25, 0.3) is 21.3 Å². The SMILES string of the molecule is CCOc1ccc(-c2c(C)sc3nc(C)nc(NCCc4ccc(OC)c(OC)c4)c23)cc1. The monoisotopic (exact) mass is 463 g/mol. The van der Waals surface area contributed by atoms with Crippen molar-refractivity contribution in [2.45, 2.75) is 27.2 Å². The number of hydrogen-bond donors (Lipinski definition) is 1. The number of benzene rings is 2. The minimum atomic E-state index is 0.654. The van der Waals surface area contributed by atoms with E-state index in [1.54, 1.807) is 25.6 Å². The van der Waals surface area contributed by atoms with Gasteiger partial charge in [0.05, 0.1) is 26.2 Å². The van der Waals surface area contributed by atoms with Gasteiger partial charge in [0, 0.05) is 17.0 Å². The summed E-state index contributed by atoms with van der Waals surface area (Å²) in [7, 11) is 3.30. The zero-order valence-corrected chi connectivity index (χ0v) is 20.5. The number of hydrogen-bond acceptors (Lipinski definition) is 7. The lowest BCUT2D eigenvalue weighted by atomic mass is 10.0. The Morgan fingerprint density at radius 1 is 0.939 bits per heavy atom. The Bertz CT molecular complexity index is 1250. The molecule has 33 heavy (non-hydrogen) atoms. The lowest BCUT2D eigenvalue weighted by molar-refractivity contribution is 0.340. The van der Waals surface area contributed by atoms with Crippen molar-refractivity contribution in [1.29, 1.82) is 0 Å². The fourth-order valence-corrected chi connectivity index (χ4v) is 5.03. The van der Waals surface area contributed by atoms with Gasteiger partial charge in [0.1, 0.15) is 22.2 Å². The molecule has 4 aromatic rings. The third-order valence-electron chi connectivity index (χ3n) is 5.45. The van der Waals surface area contributed by atoms with Gasteiger partial charge in [0.2, 0.25) is 0 Å². The topological polar surface area (TPSA) is 65.5 Å². The lowest BCUT2D eigenvalue weighted by Gasteiger charge is -2.12. The minimum Gasteiger partial charge on any atom is -0.494 e. The Balaban J connectivity index is 1.62. The van der Waals surface area contributed by atoms with E-state index >= 15 is 0 Å². The van der Waals surface area contributed by atoms with Crippen LogP contribution >= 0.6 is 11.3 Å². The molecule has 172 valence electrons. The zero-order chi connectivity index (χ0) is 23.4. The van der Waals surface area contributed by atoms with Gasteiger partial charge in [0.25, 0.3) is 0 Å². The third kappa shape index (κ3) is 4.88. The first kappa shape index (κ1) is 22.9. The van der Waals surface area contributed by atoms with Gasteiger partial charge in [-0.2, -0.15) is 0 Å². The summed E-state index contributed by atoms with van der Waals surface area (Å²) >= 11 is 1.70. The molecule has 0 aliphatic rings. The molecule has 0 spiro atoms. The summed E-state index contributed by atoms with van der Waals surface area (Å²) in [6, 6.07) is 14.3. The molecule has 6 nitrogen and oxygen atoms in total. The maximum Gasteiger partial charge on any atom is 0.160 e. The van der Waals surface area contributed by atoms with Crippen molar-refractivity contribution in [3.63, 3.8) is 0 Å². The summed E-state index contributed by atoms with van der Waals surface area (Å²) < 4.78 is 16.4. The summed E-state index contributed by atoms with van der Waals surface area (Å²) in [5.41, 5.74) is 3.47. The van der Waals surface area contributed by atoms with Gasteiger partial charge in [0.15, 0.2) is 11.5 Å². The molecule has 0 saturated heterocycles. The lowest BCUT2D eigenvalue weighted by Crippen LogP contribution is -2.08. The number of anilines is 1. The summed E-state index contributed by atoms with van der Waals surface area (Å²) in [5, 5.41) is 4.63. The van der Waals surface area contributed by atoms with E-state index in [-0.39, 0.29) is 0 Å². The van der Waals surface area contributed by atoms with E-state index < -0.39 is 0 Å². The molecule has 2 aromatic carbocycles. The van der Waals surface area contributed by atoms with Gasteiger partial charge in [-0.15, -0.1) is 11.3 Å². The molecule has 0 amide bonds. The second-order valence-electron chi connectivity index (χ2n) is 7.66. The van der Waals surface area contributed by atoms with Crippen LogP contribution in [-0.2, 0) is 6.42 Å². The molecule has 7 heteroatoms. The number of aromatic nitrogens is 2. The molecule has 0 radical (unpaired) electrons. The fourth-order valence-electron chi connectivity index (χ4n) is 3.94. The summed E-state index contributed by atoms with van der Waals surface area (Å²) in [6.45, 7) is 7.45. The predicted octanol–water partition coefficient (Wildman–Crippen LogP) is 6.05. The van der Waals surface area contributed by atoms with Crippen LogP contribution in [0, 0.1) is 13.8 Å². The average molecular weight is 464 g/mol. The zero-order valence-electron chi connectivity index (χ0n) is 19.7. The Morgan fingerprint density at radius 2 is 1.70 bits per heavy atom. The van der Waals surface area contributed by atoms with E-state index in [1.165, 1.54) is 10.4 Å².